The van der Waals surface area contributed by atoms with Crippen molar-refractivity contribution in [1.29, 1.82) is 0 Å². The quantitative estimate of drug-likeness (QED) is 0.571. The second kappa shape index (κ2) is 3.06. The van der Waals surface area contributed by atoms with Crippen molar-refractivity contribution in [1.82, 2.24) is 15.0 Å². The molecule has 3 heterocycles. The van der Waals surface area contributed by atoms with E-state index in [-0.39, 0.29) is 5.56 Å². The monoisotopic (exact) mass is 215 g/mol. The summed E-state index contributed by atoms with van der Waals surface area (Å²) in [6.07, 6.45) is 6.59. The Morgan fingerprint density at radius 1 is 1.07 bits per heavy atom. The summed E-state index contributed by atoms with van der Waals surface area (Å²) in [6.45, 7) is 0. The van der Waals surface area contributed by atoms with Gasteiger partial charge in [0, 0.05) is 40.9 Å². The molecule has 0 saturated carbocycles. The second-order valence-electron chi connectivity index (χ2n) is 3.04. The summed E-state index contributed by atoms with van der Waals surface area (Å²) >= 11 is 1.50. The third kappa shape index (κ3) is 1.28. The standard InChI is InChI=1S/C10H5N3OS/c14-9-3-7-6(4-13-9)10-8(15-7)5-11-1-2-12-10/h1-5H. The van der Waals surface area contributed by atoms with Crippen molar-refractivity contribution >= 4 is 31.6 Å². The zero-order valence-corrected chi connectivity index (χ0v) is 8.36. The maximum atomic E-state index is 11.1. The van der Waals surface area contributed by atoms with Gasteiger partial charge in [-0.15, -0.1) is 11.3 Å². The zero-order chi connectivity index (χ0) is 10.3. The molecule has 0 fully saturated rings. The molecular formula is C10H5N3OS. The van der Waals surface area contributed by atoms with Crippen molar-refractivity contribution in [3.8, 4) is 0 Å². The van der Waals surface area contributed by atoms with Gasteiger partial charge in [0.15, 0.2) is 0 Å². The van der Waals surface area contributed by atoms with Crippen molar-refractivity contribution < 1.29 is 0 Å². The minimum Gasteiger partial charge on any atom is -0.267 e. The number of rotatable bonds is 0. The fourth-order valence-electron chi connectivity index (χ4n) is 1.46. The predicted octanol–water partition coefficient (Wildman–Crippen LogP) is 1.60. The summed E-state index contributed by atoms with van der Waals surface area (Å²) in [5.74, 6) is 0. The molecule has 0 radical (unpaired) electrons. The molecule has 0 bridgehead atoms. The molecule has 0 amide bonds. The molecule has 15 heavy (non-hydrogen) atoms. The average Bonchev–Trinajstić information content (AvgIpc) is 2.42. The SMILES string of the molecule is O=c1cc2sc3cnccnc3c2cn1. The molecule has 0 aliphatic heterocycles. The Balaban J connectivity index is 2.61. The lowest BCUT2D eigenvalue weighted by Crippen LogP contribution is -2.00. The molecule has 0 saturated heterocycles. The van der Waals surface area contributed by atoms with Gasteiger partial charge in [-0.2, -0.15) is 0 Å². The maximum Gasteiger partial charge on any atom is 0.271 e. The van der Waals surface area contributed by atoms with E-state index in [0.29, 0.717) is 0 Å². The summed E-state index contributed by atoms with van der Waals surface area (Å²) in [5, 5.41) is 0.910. The van der Waals surface area contributed by atoms with Crippen LogP contribution in [0.4, 0.5) is 0 Å². The Labute approximate surface area is 88.3 Å². The summed E-state index contributed by atoms with van der Waals surface area (Å²) in [6, 6.07) is 1.53. The van der Waals surface area contributed by atoms with E-state index in [1.807, 2.05) is 0 Å². The molecule has 0 N–H and O–H groups in total. The molecular weight excluding hydrogens is 210 g/mol. The molecule has 0 aliphatic rings. The van der Waals surface area contributed by atoms with Crippen LogP contribution in [-0.4, -0.2) is 15.0 Å². The van der Waals surface area contributed by atoms with Gasteiger partial charge in [0.1, 0.15) is 0 Å². The van der Waals surface area contributed by atoms with Crippen molar-refractivity contribution in [3.05, 3.63) is 41.2 Å². The van der Waals surface area contributed by atoms with E-state index in [9.17, 15) is 4.79 Å². The molecule has 4 nitrogen and oxygen atoms in total. The maximum absolute atomic E-state index is 11.1. The number of fused-ring (bicyclic) bond motifs is 3. The summed E-state index contributed by atoms with van der Waals surface area (Å²) < 4.78 is 1.87. The average molecular weight is 215 g/mol. The van der Waals surface area contributed by atoms with E-state index in [1.165, 1.54) is 17.4 Å². The minimum absolute atomic E-state index is 0.216. The van der Waals surface area contributed by atoms with Crippen LogP contribution in [-0.2, 0) is 0 Å². The van der Waals surface area contributed by atoms with E-state index in [4.69, 9.17) is 0 Å². The fraction of sp³-hybridized carbons (Fsp3) is 0. The smallest absolute Gasteiger partial charge is 0.267 e. The zero-order valence-electron chi connectivity index (χ0n) is 7.54. The van der Waals surface area contributed by atoms with Gasteiger partial charge >= 0.3 is 0 Å². The number of thiophene rings is 1. The van der Waals surface area contributed by atoms with Gasteiger partial charge in [-0.25, -0.2) is 4.98 Å². The lowest BCUT2D eigenvalue weighted by molar-refractivity contribution is 1.27. The van der Waals surface area contributed by atoms with Gasteiger partial charge in [0.25, 0.3) is 5.56 Å². The summed E-state index contributed by atoms with van der Waals surface area (Å²) in [7, 11) is 0. The molecule has 0 unspecified atom stereocenters. The molecule has 3 rings (SSSR count). The van der Waals surface area contributed by atoms with Gasteiger partial charge < -0.3 is 0 Å². The van der Waals surface area contributed by atoms with Crippen molar-refractivity contribution in [3.63, 3.8) is 0 Å². The van der Waals surface area contributed by atoms with Crippen LogP contribution in [0.15, 0.2) is 35.6 Å². The number of hydrogen-bond acceptors (Lipinski definition) is 5. The van der Waals surface area contributed by atoms with Gasteiger partial charge in [0.05, 0.1) is 10.2 Å². The fourth-order valence-corrected chi connectivity index (χ4v) is 2.49. The third-order valence-electron chi connectivity index (χ3n) is 2.10. The Bertz CT molecular complexity index is 707. The normalized spacial score (nSPS) is 10.9. The molecule has 0 atom stereocenters. The van der Waals surface area contributed by atoms with Crippen LogP contribution in [0.1, 0.15) is 0 Å². The van der Waals surface area contributed by atoms with Crippen LogP contribution in [0.5, 0.6) is 0 Å². The number of hydrogen-bond donors (Lipinski definition) is 0. The van der Waals surface area contributed by atoms with Crippen LogP contribution >= 0.6 is 11.3 Å². The van der Waals surface area contributed by atoms with E-state index >= 15 is 0 Å². The molecule has 0 aromatic carbocycles. The minimum atomic E-state index is -0.216. The van der Waals surface area contributed by atoms with E-state index in [1.54, 1.807) is 24.8 Å². The molecule has 0 spiro atoms. The van der Waals surface area contributed by atoms with Crippen LogP contribution in [0.2, 0.25) is 0 Å². The highest BCUT2D eigenvalue weighted by molar-refractivity contribution is 7.25. The van der Waals surface area contributed by atoms with Gasteiger partial charge in [-0.05, 0) is 0 Å². The summed E-state index contributed by atoms with van der Waals surface area (Å²) in [4.78, 5) is 23.1. The highest BCUT2D eigenvalue weighted by atomic mass is 32.1. The van der Waals surface area contributed by atoms with Crippen LogP contribution in [0.3, 0.4) is 0 Å². The highest BCUT2D eigenvalue weighted by Crippen LogP contribution is 2.29. The van der Waals surface area contributed by atoms with Crippen LogP contribution in [0, 0.1) is 0 Å². The topological polar surface area (TPSA) is 55.7 Å². The van der Waals surface area contributed by atoms with E-state index < -0.39 is 0 Å². The first-order chi connectivity index (χ1) is 7.34. The van der Waals surface area contributed by atoms with E-state index in [0.717, 1.165) is 20.3 Å². The Hall–Kier alpha value is -1.88. The predicted molar refractivity (Wildman–Crippen MR) is 59.0 cm³/mol. The largest absolute Gasteiger partial charge is 0.271 e. The van der Waals surface area contributed by atoms with Crippen LogP contribution < -0.4 is 5.56 Å². The molecule has 0 aliphatic carbocycles. The molecule has 3 aromatic heterocycles. The Morgan fingerprint density at radius 3 is 2.93 bits per heavy atom. The number of nitrogens with zero attached hydrogens (tertiary/aromatic N) is 3. The summed E-state index contributed by atoms with van der Waals surface area (Å²) in [5.41, 5.74) is 0.631. The first-order valence-corrected chi connectivity index (χ1v) is 5.15. The molecule has 72 valence electrons. The van der Waals surface area contributed by atoms with E-state index in [2.05, 4.69) is 15.0 Å². The van der Waals surface area contributed by atoms with Crippen molar-refractivity contribution in [2.45, 2.75) is 0 Å². The second-order valence-corrected chi connectivity index (χ2v) is 4.12. The van der Waals surface area contributed by atoms with Crippen molar-refractivity contribution in [2.24, 2.45) is 0 Å². The molecule has 3 aromatic rings. The first kappa shape index (κ1) is 8.43. The Kier molecular flexibility index (Phi) is 1.72. The first-order valence-electron chi connectivity index (χ1n) is 4.33. The van der Waals surface area contributed by atoms with Gasteiger partial charge in [0.2, 0.25) is 0 Å². The lowest BCUT2D eigenvalue weighted by Gasteiger charge is -1.84. The Morgan fingerprint density at radius 2 is 2.00 bits per heavy atom. The van der Waals surface area contributed by atoms with Gasteiger partial charge in [-0.1, -0.05) is 0 Å². The number of pyridine rings is 1. The van der Waals surface area contributed by atoms with Crippen LogP contribution in [0.25, 0.3) is 20.3 Å². The lowest BCUT2D eigenvalue weighted by atomic mass is 10.3. The molecule has 5 heteroatoms. The van der Waals surface area contributed by atoms with Crippen molar-refractivity contribution in [2.75, 3.05) is 0 Å². The number of aromatic nitrogens is 3. The van der Waals surface area contributed by atoms with Gasteiger partial charge in [-0.3, -0.25) is 14.8 Å². The third-order valence-corrected chi connectivity index (χ3v) is 3.17. The highest BCUT2D eigenvalue weighted by Gasteiger charge is 2.05.